The maximum atomic E-state index is 14.3. The smallest absolute Gasteiger partial charge is 0.187 e. The predicted octanol–water partition coefficient (Wildman–Crippen LogP) is 4.31. The SMILES string of the molecule is CC(C)=NOc1cccc(-c2cccc(F)c2C2OCCO2)c1. The van der Waals surface area contributed by atoms with Gasteiger partial charge in [0.1, 0.15) is 5.82 Å². The maximum Gasteiger partial charge on any atom is 0.187 e. The monoisotopic (exact) mass is 315 g/mol. The summed E-state index contributed by atoms with van der Waals surface area (Å²) in [5, 5.41) is 3.94. The van der Waals surface area contributed by atoms with Crippen LogP contribution in [0.3, 0.4) is 0 Å². The number of ether oxygens (including phenoxy) is 2. The Labute approximate surface area is 134 Å². The van der Waals surface area contributed by atoms with Crippen LogP contribution in [0.15, 0.2) is 47.6 Å². The number of halogens is 1. The molecule has 1 heterocycles. The van der Waals surface area contributed by atoms with Crippen LogP contribution in [-0.2, 0) is 9.47 Å². The molecular formula is C18H18FNO3. The van der Waals surface area contributed by atoms with Gasteiger partial charge in [-0.15, -0.1) is 0 Å². The molecule has 0 aromatic heterocycles. The van der Waals surface area contributed by atoms with Gasteiger partial charge in [-0.3, -0.25) is 0 Å². The molecule has 0 saturated carbocycles. The van der Waals surface area contributed by atoms with Gasteiger partial charge in [-0.1, -0.05) is 29.4 Å². The molecule has 1 aliphatic heterocycles. The van der Waals surface area contributed by atoms with E-state index in [1.807, 2.05) is 38.1 Å². The Balaban J connectivity index is 2.00. The summed E-state index contributed by atoms with van der Waals surface area (Å²) in [5.41, 5.74) is 2.77. The van der Waals surface area contributed by atoms with Crippen molar-refractivity contribution in [2.24, 2.45) is 5.16 Å². The van der Waals surface area contributed by atoms with Crippen LogP contribution in [0.5, 0.6) is 5.75 Å². The highest BCUT2D eigenvalue weighted by Crippen LogP contribution is 2.35. The molecule has 23 heavy (non-hydrogen) atoms. The van der Waals surface area contributed by atoms with E-state index in [0.717, 1.165) is 16.8 Å². The van der Waals surface area contributed by atoms with Crippen LogP contribution in [0.1, 0.15) is 25.7 Å². The first-order valence-electron chi connectivity index (χ1n) is 7.45. The topological polar surface area (TPSA) is 40.0 Å². The number of rotatable bonds is 4. The van der Waals surface area contributed by atoms with E-state index in [-0.39, 0.29) is 5.82 Å². The summed E-state index contributed by atoms with van der Waals surface area (Å²) in [5.74, 6) is 0.246. The van der Waals surface area contributed by atoms with Crippen molar-refractivity contribution < 1.29 is 18.7 Å². The summed E-state index contributed by atoms with van der Waals surface area (Å²) >= 11 is 0. The van der Waals surface area contributed by atoms with Crippen molar-refractivity contribution in [2.75, 3.05) is 13.2 Å². The molecule has 5 heteroatoms. The first-order valence-corrected chi connectivity index (χ1v) is 7.45. The molecule has 0 unspecified atom stereocenters. The highest BCUT2D eigenvalue weighted by Gasteiger charge is 2.25. The Morgan fingerprint density at radius 1 is 1.13 bits per heavy atom. The van der Waals surface area contributed by atoms with Crippen molar-refractivity contribution in [3.05, 3.63) is 53.8 Å². The van der Waals surface area contributed by atoms with Crippen LogP contribution in [0.25, 0.3) is 11.1 Å². The number of hydrogen-bond donors (Lipinski definition) is 0. The number of benzene rings is 2. The highest BCUT2D eigenvalue weighted by atomic mass is 19.1. The zero-order valence-corrected chi connectivity index (χ0v) is 13.1. The average molecular weight is 315 g/mol. The van der Waals surface area contributed by atoms with E-state index in [0.29, 0.717) is 24.5 Å². The van der Waals surface area contributed by atoms with Gasteiger partial charge in [-0.25, -0.2) is 4.39 Å². The van der Waals surface area contributed by atoms with Crippen LogP contribution in [0, 0.1) is 5.82 Å². The molecule has 0 N–H and O–H groups in total. The molecule has 0 bridgehead atoms. The van der Waals surface area contributed by atoms with Gasteiger partial charge in [0.05, 0.1) is 24.5 Å². The summed E-state index contributed by atoms with van der Waals surface area (Å²) < 4.78 is 25.3. The molecule has 3 rings (SSSR count). The second-order valence-corrected chi connectivity index (χ2v) is 5.43. The minimum Gasteiger partial charge on any atom is -0.357 e. The van der Waals surface area contributed by atoms with Gasteiger partial charge in [0.15, 0.2) is 12.0 Å². The fraction of sp³-hybridized carbons (Fsp3) is 0.278. The first kappa shape index (κ1) is 15.6. The standard InChI is InChI=1S/C18H18FNO3/c1-12(2)20-23-14-6-3-5-13(11-14)15-7-4-8-16(19)17(15)18-21-9-10-22-18/h3-8,11,18H,9-10H2,1-2H3. The van der Waals surface area contributed by atoms with Gasteiger partial charge in [-0.2, -0.15) is 0 Å². The second kappa shape index (κ2) is 6.89. The minimum atomic E-state index is -0.674. The number of hydrogen-bond acceptors (Lipinski definition) is 4. The van der Waals surface area contributed by atoms with Crippen molar-refractivity contribution in [1.82, 2.24) is 0 Å². The fourth-order valence-corrected chi connectivity index (χ4v) is 2.42. The van der Waals surface area contributed by atoms with Crippen molar-refractivity contribution in [3.63, 3.8) is 0 Å². The van der Waals surface area contributed by atoms with Crippen molar-refractivity contribution in [3.8, 4) is 16.9 Å². The van der Waals surface area contributed by atoms with E-state index >= 15 is 0 Å². The lowest BCUT2D eigenvalue weighted by molar-refractivity contribution is -0.0460. The van der Waals surface area contributed by atoms with E-state index < -0.39 is 6.29 Å². The lowest BCUT2D eigenvalue weighted by Gasteiger charge is -2.16. The largest absolute Gasteiger partial charge is 0.357 e. The number of oxime groups is 1. The molecule has 2 aromatic carbocycles. The fourth-order valence-electron chi connectivity index (χ4n) is 2.42. The summed E-state index contributed by atoms with van der Waals surface area (Å²) in [6.45, 7) is 4.63. The van der Waals surface area contributed by atoms with E-state index in [1.54, 1.807) is 12.1 Å². The molecule has 1 fully saturated rings. The molecule has 0 spiro atoms. The molecule has 120 valence electrons. The summed E-state index contributed by atoms with van der Waals surface area (Å²) in [6, 6.07) is 12.3. The molecule has 1 aliphatic rings. The number of nitrogens with zero attached hydrogens (tertiary/aromatic N) is 1. The van der Waals surface area contributed by atoms with Crippen LogP contribution in [0.2, 0.25) is 0 Å². The zero-order valence-electron chi connectivity index (χ0n) is 13.1. The Morgan fingerprint density at radius 3 is 2.61 bits per heavy atom. The van der Waals surface area contributed by atoms with Crippen molar-refractivity contribution in [2.45, 2.75) is 20.1 Å². The molecule has 0 amide bonds. The molecule has 0 aliphatic carbocycles. The van der Waals surface area contributed by atoms with Gasteiger partial charge in [0, 0.05) is 0 Å². The third kappa shape index (κ3) is 3.57. The van der Waals surface area contributed by atoms with Gasteiger partial charge in [0.2, 0.25) is 0 Å². The molecular weight excluding hydrogens is 297 g/mol. The van der Waals surface area contributed by atoms with Crippen LogP contribution >= 0.6 is 0 Å². The minimum absolute atomic E-state index is 0.344. The maximum absolute atomic E-state index is 14.3. The molecule has 1 saturated heterocycles. The van der Waals surface area contributed by atoms with Crippen molar-refractivity contribution >= 4 is 5.71 Å². The normalized spacial score (nSPS) is 14.7. The third-order valence-electron chi connectivity index (χ3n) is 3.39. The summed E-state index contributed by atoms with van der Waals surface area (Å²) in [4.78, 5) is 5.36. The summed E-state index contributed by atoms with van der Waals surface area (Å²) in [7, 11) is 0. The molecule has 4 nitrogen and oxygen atoms in total. The molecule has 0 atom stereocenters. The highest BCUT2D eigenvalue weighted by molar-refractivity contribution is 5.78. The van der Waals surface area contributed by atoms with Gasteiger partial charge in [0.25, 0.3) is 0 Å². The lowest BCUT2D eigenvalue weighted by Crippen LogP contribution is -2.04. The van der Waals surface area contributed by atoms with Crippen LogP contribution < -0.4 is 4.84 Å². The van der Waals surface area contributed by atoms with Crippen LogP contribution in [0.4, 0.5) is 4.39 Å². The van der Waals surface area contributed by atoms with Crippen LogP contribution in [-0.4, -0.2) is 18.9 Å². The Kier molecular flexibility index (Phi) is 4.69. The Hall–Kier alpha value is -2.24. The first-order chi connectivity index (χ1) is 11.1. The quantitative estimate of drug-likeness (QED) is 0.623. The third-order valence-corrected chi connectivity index (χ3v) is 3.39. The van der Waals surface area contributed by atoms with Gasteiger partial charge in [-0.05, 0) is 43.2 Å². The average Bonchev–Trinajstić information content (AvgIpc) is 3.07. The van der Waals surface area contributed by atoms with Crippen molar-refractivity contribution in [1.29, 1.82) is 0 Å². The lowest BCUT2D eigenvalue weighted by atomic mass is 9.98. The van der Waals surface area contributed by atoms with Gasteiger partial charge >= 0.3 is 0 Å². The van der Waals surface area contributed by atoms with E-state index in [2.05, 4.69) is 5.16 Å². The van der Waals surface area contributed by atoms with E-state index in [1.165, 1.54) is 6.07 Å². The Morgan fingerprint density at radius 2 is 1.87 bits per heavy atom. The predicted molar refractivity (Wildman–Crippen MR) is 85.9 cm³/mol. The molecule has 0 radical (unpaired) electrons. The van der Waals surface area contributed by atoms with E-state index in [4.69, 9.17) is 14.3 Å². The molecule has 2 aromatic rings. The second-order valence-electron chi connectivity index (χ2n) is 5.43. The van der Waals surface area contributed by atoms with Gasteiger partial charge < -0.3 is 14.3 Å². The zero-order chi connectivity index (χ0) is 16.2. The summed E-state index contributed by atoms with van der Waals surface area (Å²) in [6.07, 6.45) is -0.674. The van der Waals surface area contributed by atoms with E-state index in [9.17, 15) is 4.39 Å². The Bertz CT molecular complexity index is 720.